The van der Waals surface area contributed by atoms with Crippen LogP contribution in [0.5, 0.6) is 0 Å². The summed E-state index contributed by atoms with van der Waals surface area (Å²) < 4.78 is 7.19. The average molecular weight is 234 g/mol. The number of nitrogens with two attached hydrogens (primary N) is 1. The van der Waals surface area contributed by atoms with Crippen LogP contribution in [-0.4, -0.2) is 28.3 Å². The first kappa shape index (κ1) is 12.0. The second kappa shape index (κ2) is 5.25. The molecule has 0 aliphatic rings. The molecule has 17 heavy (non-hydrogen) atoms. The molecule has 2 heterocycles. The van der Waals surface area contributed by atoms with Crippen molar-refractivity contribution in [1.82, 2.24) is 14.5 Å². The first-order valence-corrected chi connectivity index (χ1v) is 5.82. The van der Waals surface area contributed by atoms with Gasteiger partial charge in [-0.1, -0.05) is 0 Å². The van der Waals surface area contributed by atoms with E-state index in [1.165, 1.54) is 0 Å². The topological polar surface area (TPSA) is 66.0 Å². The second-order valence-electron chi connectivity index (χ2n) is 3.97. The van der Waals surface area contributed by atoms with Gasteiger partial charge in [0.1, 0.15) is 11.3 Å². The fraction of sp³-hybridized carbons (Fsp3) is 0.500. The van der Waals surface area contributed by atoms with Gasteiger partial charge in [-0.3, -0.25) is 4.98 Å². The monoisotopic (exact) mass is 234 g/mol. The summed E-state index contributed by atoms with van der Waals surface area (Å²) in [7, 11) is 1.68. The van der Waals surface area contributed by atoms with Crippen LogP contribution in [0.2, 0.25) is 0 Å². The molecule has 0 saturated carbocycles. The zero-order valence-electron chi connectivity index (χ0n) is 10.3. The third-order valence-corrected chi connectivity index (χ3v) is 2.86. The molecule has 1 atom stereocenters. The highest BCUT2D eigenvalue weighted by Gasteiger charge is 2.15. The maximum Gasteiger partial charge on any atom is 0.127 e. The largest absolute Gasteiger partial charge is 0.385 e. The standard InChI is InChI=1S/C12H18N4O/c1-3-16-11-4-6-14-8-10(11)15-12(16)9(13)5-7-17-2/h4,6,8-9H,3,5,7,13H2,1-2H3. The summed E-state index contributed by atoms with van der Waals surface area (Å²) in [5.41, 5.74) is 8.13. The Balaban J connectivity index is 2.38. The van der Waals surface area contributed by atoms with Crippen molar-refractivity contribution in [3.05, 3.63) is 24.3 Å². The molecular formula is C12H18N4O. The number of imidazole rings is 1. The van der Waals surface area contributed by atoms with Gasteiger partial charge in [0, 0.05) is 26.5 Å². The van der Waals surface area contributed by atoms with Gasteiger partial charge in [0.15, 0.2) is 0 Å². The van der Waals surface area contributed by atoms with Crippen LogP contribution >= 0.6 is 0 Å². The predicted molar refractivity (Wildman–Crippen MR) is 66.6 cm³/mol. The number of methoxy groups -OCH3 is 1. The smallest absolute Gasteiger partial charge is 0.127 e. The minimum absolute atomic E-state index is 0.0951. The molecule has 0 aliphatic carbocycles. The van der Waals surface area contributed by atoms with Crippen molar-refractivity contribution in [2.24, 2.45) is 5.73 Å². The van der Waals surface area contributed by atoms with Crippen LogP contribution in [0.3, 0.4) is 0 Å². The van der Waals surface area contributed by atoms with Crippen molar-refractivity contribution in [2.75, 3.05) is 13.7 Å². The fourth-order valence-corrected chi connectivity index (χ4v) is 1.99. The Labute approximate surface area is 101 Å². The van der Waals surface area contributed by atoms with Gasteiger partial charge in [-0.15, -0.1) is 0 Å². The summed E-state index contributed by atoms with van der Waals surface area (Å²) in [6.07, 6.45) is 4.32. The Hall–Kier alpha value is -1.46. The lowest BCUT2D eigenvalue weighted by Crippen LogP contribution is -2.18. The Kier molecular flexibility index (Phi) is 3.71. The van der Waals surface area contributed by atoms with Gasteiger partial charge in [0.2, 0.25) is 0 Å². The molecule has 5 nitrogen and oxygen atoms in total. The van der Waals surface area contributed by atoms with Gasteiger partial charge in [0.25, 0.3) is 0 Å². The van der Waals surface area contributed by atoms with Crippen molar-refractivity contribution in [3.8, 4) is 0 Å². The van der Waals surface area contributed by atoms with Crippen LogP contribution in [0.1, 0.15) is 25.2 Å². The lowest BCUT2D eigenvalue weighted by atomic mass is 10.2. The maximum absolute atomic E-state index is 6.14. The maximum atomic E-state index is 6.14. The third-order valence-electron chi connectivity index (χ3n) is 2.86. The molecule has 5 heteroatoms. The molecule has 2 N–H and O–H groups in total. The van der Waals surface area contributed by atoms with Crippen LogP contribution in [0.4, 0.5) is 0 Å². The van der Waals surface area contributed by atoms with Crippen LogP contribution in [0, 0.1) is 0 Å². The van der Waals surface area contributed by atoms with Crippen molar-refractivity contribution in [1.29, 1.82) is 0 Å². The van der Waals surface area contributed by atoms with Crippen LogP contribution in [0.15, 0.2) is 18.5 Å². The van der Waals surface area contributed by atoms with Gasteiger partial charge in [-0.05, 0) is 19.4 Å². The molecule has 0 radical (unpaired) electrons. The van der Waals surface area contributed by atoms with Crippen molar-refractivity contribution >= 4 is 11.0 Å². The number of pyridine rings is 1. The molecular weight excluding hydrogens is 216 g/mol. The van der Waals surface area contributed by atoms with Crippen LogP contribution < -0.4 is 5.73 Å². The van der Waals surface area contributed by atoms with E-state index in [0.29, 0.717) is 6.61 Å². The zero-order valence-corrected chi connectivity index (χ0v) is 10.3. The van der Waals surface area contributed by atoms with E-state index < -0.39 is 0 Å². The first-order chi connectivity index (χ1) is 8.27. The summed E-state index contributed by atoms with van der Waals surface area (Å²) in [4.78, 5) is 8.64. The van der Waals surface area contributed by atoms with E-state index in [0.717, 1.165) is 29.8 Å². The SMILES string of the molecule is CCn1c(C(N)CCOC)nc2cnccc21. The fourth-order valence-electron chi connectivity index (χ4n) is 1.99. The van der Waals surface area contributed by atoms with Gasteiger partial charge in [0.05, 0.1) is 17.8 Å². The van der Waals surface area contributed by atoms with E-state index in [2.05, 4.69) is 21.5 Å². The summed E-state index contributed by atoms with van der Waals surface area (Å²) in [6, 6.07) is 1.88. The van der Waals surface area contributed by atoms with E-state index in [-0.39, 0.29) is 6.04 Å². The summed E-state index contributed by atoms with van der Waals surface area (Å²) in [5.74, 6) is 0.910. The molecule has 1 unspecified atom stereocenters. The molecule has 0 amide bonds. The highest BCUT2D eigenvalue weighted by molar-refractivity contribution is 5.74. The highest BCUT2D eigenvalue weighted by Crippen LogP contribution is 2.20. The lowest BCUT2D eigenvalue weighted by molar-refractivity contribution is 0.186. The summed E-state index contributed by atoms with van der Waals surface area (Å²) in [5, 5.41) is 0. The van der Waals surface area contributed by atoms with E-state index in [9.17, 15) is 0 Å². The number of hydrogen-bond acceptors (Lipinski definition) is 4. The summed E-state index contributed by atoms with van der Waals surface area (Å²) >= 11 is 0. The predicted octanol–water partition coefficient (Wildman–Crippen LogP) is 1.49. The quantitative estimate of drug-likeness (QED) is 0.851. The highest BCUT2D eigenvalue weighted by atomic mass is 16.5. The molecule has 92 valence electrons. The number of aryl methyl sites for hydroxylation is 1. The molecule has 2 aromatic heterocycles. The molecule has 0 saturated heterocycles. The minimum atomic E-state index is -0.0951. The Bertz CT molecular complexity index is 494. The average Bonchev–Trinajstić information content (AvgIpc) is 2.74. The summed E-state index contributed by atoms with van der Waals surface area (Å²) in [6.45, 7) is 3.59. The zero-order chi connectivity index (χ0) is 12.3. The number of nitrogens with zero attached hydrogens (tertiary/aromatic N) is 3. The van der Waals surface area contributed by atoms with Crippen molar-refractivity contribution in [2.45, 2.75) is 25.9 Å². The van der Waals surface area contributed by atoms with Gasteiger partial charge in [-0.2, -0.15) is 0 Å². The molecule has 2 rings (SSSR count). The Morgan fingerprint density at radius 2 is 2.35 bits per heavy atom. The number of hydrogen-bond donors (Lipinski definition) is 1. The molecule has 0 aliphatic heterocycles. The molecule has 2 aromatic rings. The number of ether oxygens (including phenoxy) is 1. The third kappa shape index (κ3) is 2.30. The van der Waals surface area contributed by atoms with Crippen LogP contribution in [-0.2, 0) is 11.3 Å². The number of fused-ring (bicyclic) bond motifs is 1. The Morgan fingerprint density at radius 3 is 3.06 bits per heavy atom. The Morgan fingerprint density at radius 1 is 1.53 bits per heavy atom. The van der Waals surface area contributed by atoms with Gasteiger partial charge >= 0.3 is 0 Å². The van der Waals surface area contributed by atoms with E-state index in [1.54, 1.807) is 19.5 Å². The van der Waals surface area contributed by atoms with Crippen molar-refractivity contribution in [3.63, 3.8) is 0 Å². The van der Waals surface area contributed by atoms with E-state index in [1.807, 2.05) is 6.07 Å². The van der Waals surface area contributed by atoms with Gasteiger partial charge in [-0.25, -0.2) is 4.98 Å². The molecule has 0 spiro atoms. The van der Waals surface area contributed by atoms with Crippen LogP contribution in [0.25, 0.3) is 11.0 Å². The minimum Gasteiger partial charge on any atom is -0.385 e. The van der Waals surface area contributed by atoms with Gasteiger partial charge < -0.3 is 15.0 Å². The normalized spacial score (nSPS) is 13.1. The lowest BCUT2D eigenvalue weighted by Gasteiger charge is -2.12. The molecule has 0 bridgehead atoms. The van der Waals surface area contributed by atoms with E-state index in [4.69, 9.17) is 10.5 Å². The first-order valence-electron chi connectivity index (χ1n) is 5.82. The second-order valence-corrected chi connectivity index (χ2v) is 3.97. The number of aromatic nitrogens is 3. The van der Waals surface area contributed by atoms with Crippen molar-refractivity contribution < 1.29 is 4.74 Å². The number of rotatable bonds is 5. The molecule has 0 fully saturated rings. The molecule has 0 aromatic carbocycles. The van der Waals surface area contributed by atoms with E-state index >= 15 is 0 Å².